The number of benzene rings is 2. The van der Waals surface area contributed by atoms with E-state index in [1.54, 1.807) is 0 Å². The zero-order chi connectivity index (χ0) is 45.4. The molecular weight excluding hydrogens is 733 g/mol. The molecule has 3 unspecified atom stereocenters. The van der Waals surface area contributed by atoms with Gasteiger partial charge in [-0.3, -0.25) is 0 Å². The quantitative estimate of drug-likeness (QED) is 0.0403. The molecule has 0 heteroatoms. The van der Waals surface area contributed by atoms with Crippen molar-refractivity contribution in [3.8, 4) is 0 Å². The van der Waals surface area contributed by atoms with Crippen LogP contribution >= 0.6 is 0 Å². The van der Waals surface area contributed by atoms with Gasteiger partial charge in [-0.05, 0) is 94.9 Å². The molecule has 61 heavy (non-hydrogen) atoms. The molecule has 0 aliphatic heterocycles. The second-order valence-electron chi connectivity index (χ2n) is 21.0. The van der Waals surface area contributed by atoms with Gasteiger partial charge in [0.05, 0.1) is 0 Å². The van der Waals surface area contributed by atoms with E-state index in [0.717, 1.165) is 31.6 Å². The van der Waals surface area contributed by atoms with E-state index < -0.39 is 0 Å². The van der Waals surface area contributed by atoms with Gasteiger partial charge in [-0.1, -0.05) is 289 Å². The van der Waals surface area contributed by atoms with Gasteiger partial charge >= 0.3 is 0 Å². The van der Waals surface area contributed by atoms with E-state index in [1.807, 2.05) is 6.08 Å². The molecule has 2 aromatic carbocycles. The highest BCUT2D eigenvalue weighted by molar-refractivity contribution is 5.29. The lowest BCUT2D eigenvalue weighted by molar-refractivity contribution is 0.527. The minimum Gasteiger partial charge on any atom is -0.0991 e. The summed E-state index contributed by atoms with van der Waals surface area (Å²) in [6, 6.07) is 18.3. The summed E-state index contributed by atoms with van der Waals surface area (Å²) < 4.78 is 0. The van der Waals surface area contributed by atoms with E-state index in [4.69, 9.17) is 0 Å². The van der Waals surface area contributed by atoms with E-state index in [9.17, 15) is 0 Å². The summed E-state index contributed by atoms with van der Waals surface area (Å²) in [5, 5.41) is 0. The first-order valence-corrected chi connectivity index (χ1v) is 25.6. The van der Waals surface area contributed by atoms with Crippen molar-refractivity contribution in [3.05, 3.63) is 132 Å². The molecule has 0 amide bonds. The van der Waals surface area contributed by atoms with Gasteiger partial charge in [-0.25, -0.2) is 0 Å². The lowest BCUT2D eigenvalue weighted by Crippen LogP contribution is -2.11. The predicted octanol–water partition coefficient (Wildman–Crippen LogP) is 20.0. The normalized spacial score (nSPS) is 13.9. The Hall–Kier alpha value is -2.86. The molecule has 0 spiro atoms. The van der Waals surface area contributed by atoms with Crippen LogP contribution in [-0.4, -0.2) is 0 Å². The highest BCUT2D eigenvalue weighted by Crippen LogP contribution is 2.25. The van der Waals surface area contributed by atoms with Crippen molar-refractivity contribution in [1.82, 2.24) is 0 Å². The molecule has 0 fully saturated rings. The van der Waals surface area contributed by atoms with Crippen molar-refractivity contribution < 1.29 is 0 Å². The number of hydrogen-bond acceptors (Lipinski definition) is 0. The maximum absolute atomic E-state index is 4.40. The average Bonchev–Trinajstić information content (AvgIpc) is 3.21. The first-order valence-electron chi connectivity index (χ1n) is 25.6. The predicted molar refractivity (Wildman–Crippen MR) is 279 cm³/mol. The summed E-state index contributed by atoms with van der Waals surface area (Å²) in [4.78, 5) is 0. The summed E-state index contributed by atoms with van der Waals surface area (Å²) >= 11 is 0. The summed E-state index contributed by atoms with van der Waals surface area (Å²) in [7, 11) is 0. The fraction of sp³-hybridized carbons (Fsp3) is 0.639. The van der Waals surface area contributed by atoms with Gasteiger partial charge in [0.15, 0.2) is 0 Å². The van der Waals surface area contributed by atoms with Crippen molar-refractivity contribution in [2.75, 3.05) is 0 Å². The van der Waals surface area contributed by atoms with Gasteiger partial charge in [0, 0.05) is 0 Å². The zero-order valence-electron chi connectivity index (χ0n) is 42.5. The lowest BCUT2D eigenvalue weighted by atomic mass is 9.86. The number of allylic oxidation sites excluding steroid dienone is 8. The second-order valence-corrected chi connectivity index (χ2v) is 21.0. The van der Waals surface area contributed by atoms with Crippen molar-refractivity contribution in [2.24, 2.45) is 17.8 Å². The third-order valence-electron chi connectivity index (χ3n) is 12.7. The summed E-state index contributed by atoms with van der Waals surface area (Å²) in [6.07, 6.45) is 44.4. The Morgan fingerprint density at radius 2 is 0.967 bits per heavy atom. The molecule has 0 aromatic heterocycles. The molecule has 0 saturated carbocycles. The Kier molecular flexibility index (Phi) is 31.0. The summed E-state index contributed by atoms with van der Waals surface area (Å²) in [5.74, 6) is 1.84. The second kappa shape index (κ2) is 33.7. The summed E-state index contributed by atoms with van der Waals surface area (Å²) in [6.45, 7) is 33.5. The fourth-order valence-corrected chi connectivity index (χ4v) is 7.94. The van der Waals surface area contributed by atoms with Crippen LogP contribution in [0.1, 0.15) is 233 Å². The Balaban J connectivity index is 0.00000103. The van der Waals surface area contributed by atoms with E-state index in [2.05, 4.69) is 168 Å². The Bertz CT molecular complexity index is 1460. The smallest absolute Gasteiger partial charge is 0.00512 e. The van der Waals surface area contributed by atoms with Crippen molar-refractivity contribution in [3.63, 3.8) is 0 Å². The van der Waals surface area contributed by atoms with E-state index in [-0.39, 0.29) is 10.8 Å². The van der Waals surface area contributed by atoms with Crippen LogP contribution in [0.15, 0.2) is 109 Å². The van der Waals surface area contributed by atoms with Gasteiger partial charge in [0.25, 0.3) is 0 Å². The lowest BCUT2D eigenvalue weighted by Gasteiger charge is -2.19. The highest BCUT2D eigenvalue weighted by atomic mass is 14.2. The molecule has 0 radical (unpaired) electrons. The van der Waals surface area contributed by atoms with Gasteiger partial charge in [0.1, 0.15) is 0 Å². The first-order chi connectivity index (χ1) is 29.1. The monoisotopic (exact) mass is 833 g/mol. The molecule has 3 atom stereocenters. The molecule has 0 aliphatic carbocycles. The topological polar surface area (TPSA) is 0 Å². The Morgan fingerprint density at radius 1 is 0.557 bits per heavy atom. The third kappa shape index (κ3) is 29.2. The van der Waals surface area contributed by atoms with Gasteiger partial charge < -0.3 is 0 Å². The van der Waals surface area contributed by atoms with Crippen LogP contribution in [0.2, 0.25) is 0 Å². The fourth-order valence-electron chi connectivity index (χ4n) is 7.94. The maximum Gasteiger partial charge on any atom is -0.00512 e. The van der Waals surface area contributed by atoms with Crippen LogP contribution in [0.4, 0.5) is 0 Å². The van der Waals surface area contributed by atoms with Crippen LogP contribution in [0.25, 0.3) is 0 Å². The maximum atomic E-state index is 4.40. The molecule has 0 saturated heterocycles. The number of unbranched alkanes of at least 4 members (excludes halogenated alkanes) is 16. The third-order valence-corrected chi connectivity index (χ3v) is 12.7. The van der Waals surface area contributed by atoms with Gasteiger partial charge in [0.2, 0.25) is 0 Å². The summed E-state index contributed by atoms with van der Waals surface area (Å²) in [5.41, 5.74) is 8.92. The minimum atomic E-state index is 0.218. The molecule has 0 aliphatic rings. The van der Waals surface area contributed by atoms with Gasteiger partial charge in [-0.2, -0.15) is 0 Å². The number of hydrogen-bond donors (Lipinski definition) is 0. The minimum absolute atomic E-state index is 0.218. The SMILES string of the molecule is C=C/C=C(\C=C/CC(=C)C(C)/C=C\CC(C)Cc1ccc(C(C)(C)C)cc1)CCCCCCCCCCCCCCCCCCC.CCC(C)Cc1ccc(C(C)(C)C)cc1. The zero-order valence-corrected chi connectivity index (χ0v) is 42.5. The van der Waals surface area contributed by atoms with E-state index >= 15 is 0 Å². The molecule has 344 valence electrons. The van der Waals surface area contributed by atoms with Crippen LogP contribution in [0.3, 0.4) is 0 Å². The first kappa shape index (κ1) is 56.2. The molecule has 0 N–H and O–H groups in total. The van der Waals surface area contributed by atoms with E-state index in [1.165, 1.54) is 155 Å². The molecular formula is C61H100. The highest BCUT2D eigenvalue weighted by Gasteiger charge is 2.14. The molecule has 0 heterocycles. The van der Waals surface area contributed by atoms with Crippen LogP contribution < -0.4 is 0 Å². The molecule has 0 nitrogen and oxygen atoms in total. The van der Waals surface area contributed by atoms with Crippen molar-refractivity contribution in [2.45, 2.75) is 235 Å². The number of rotatable bonds is 31. The van der Waals surface area contributed by atoms with Crippen LogP contribution in [0.5, 0.6) is 0 Å². The van der Waals surface area contributed by atoms with Gasteiger partial charge in [-0.15, -0.1) is 0 Å². The van der Waals surface area contributed by atoms with Crippen molar-refractivity contribution >= 4 is 0 Å². The largest absolute Gasteiger partial charge is 0.0991 e. The van der Waals surface area contributed by atoms with Crippen LogP contribution in [0, 0.1) is 17.8 Å². The Labute approximate surface area is 382 Å². The van der Waals surface area contributed by atoms with Crippen molar-refractivity contribution in [1.29, 1.82) is 0 Å². The standard InChI is InChI=1S/C46H76.C15H24/c1-9-11-12-13-14-15-16-17-18-19-20-21-22-23-24-25-26-33-43(29-10-2)34-28-32-42(5)41(4)31-27-30-40(3)39-44-35-37-45(38-36-44)46(6,7)8;1-6-12(2)11-13-7-9-14(10-8-13)15(3,4)5/h10,27-29,31,34-38,40-41H,2,5,9,11-26,30,32-33,39H2,1,3-4,6-8H3;7-10,12H,6,11H2,1-5H3/b31-27-,34-28-,43-29-;. The molecule has 2 rings (SSSR count). The molecule has 2 aromatic rings. The van der Waals surface area contributed by atoms with Crippen LogP contribution in [-0.2, 0) is 23.7 Å². The average molecular weight is 833 g/mol. The van der Waals surface area contributed by atoms with E-state index in [0.29, 0.717) is 11.8 Å². The Morgan fingerprint density at radius 3 is 1.36 bits per heavy atom. The molecule has 0 bridgehead atoms.